The Labute approximate surface area is 128 Å². The normalized spacial score (nSPS) is 12.2. The molecule has 1 atom stereocenters. The van der Waals surface area contributed by atoms with Crippen molar-refractivity contribution < 1.29 is 9.13 Å². The molecule has 2 aromatic carbocycles. The molecule has 0 aliphatic carbocycles. The highest BCUT2D eigenvalue weighted by molar-refractivity contribution is 9.10. The summed E-state index contributed by atoms with van der Waals surface area (Å²) in [6.07, 6.45) is -0.294. The SMILES string of the molecule is NCC(Oc1ccc(F)cc1Br)c1ccccc1Br. The van der Waals surface area contributed by atoms with Crippen LogP contribution in [0.1, 0.15) is 11.7 Å². The molecule has 100 valence electrons. The van der Waals surface area contributed by atoms with Gasteiger partial charge in [-0.1, -0.05) is 34.1 Å². The van der Waals surface area contributed by atoms with Crippen LogP contribution in [-0.2, 0) is 0 Å². The fraction of sp³-hybridized carbons (Fsp3) is 0.143. The van der Waals surface area contributed by atoms with Crippen molar-refractivity contribution >= 4 is 31.9 Å². The maximum Gasteiger partial charge on any atom is 0.137 e. The minimum absolute atomic E-state index is 0.294. The molecule has 2 nitrogen and oxygen atoms in total. The first-order chi connectivity index (χ1) is 9.11. The first kappa shape index (κ1) is 14.5. The summed E-state index contributed by atoms with van der Waals surface area (Å²) in [5.74, 6) is 0.247. The van der Waals surface area contributed by atoms with Gasteiger partial charge in [0.25, 0.3) is 0 Å². The van der Waals surface area contributed by atoms with Gasteiger partial charge in [-0.3, -0.25) is 0 Å². The molecule has 0 aromatic heterocycles. The van der Waals surface area contributed by atoms with E-state index in [0.717, 1.165) is 10.0 Å². The Morgan fingerprint density at radius 1 is 1.11 bits per heavy atom. The summed E-state index contributed by atoms with van der Waals surface area (Å²) < 4.78 is 20.4. The molecule has 0 saturated carbocycles. The third kappa shape index (κ3) is 3.55. The van der Waals surface area contributed by atoms with E-state index in [4.69, 9.17) is 10.5 Å². The van der Waals surface area contributed by atoms with Gasteiger partial charge >= 0.3 is 0 Å². The van der Waals surface area contributed by atoms with E-state index in [1.54, 1.807) is 6.07 Å². The molecule has 0 fully saturated rings. The van der Waals surface area contributed by atoms with Crippen molar-refractivity contribution in [1.82, 2.24) is 0 Å². The fourth-order valence-corrected chi connectivity index (χ4v) is 2.68. The third-order valence-electron chi connectivity index (χ3n) is 2.63. The van der Waals surface area contributed by atoms with Crippen LogP contribution in [0.25, 0.3) is 0 Å². The number of rotatable bonds is 4. The quantitative estimate of drug-likeness (QED) is 0.840. The summed E-state index contributed by atoms with van der Waals surface area (Å²) in [5.41, 5.74) is 6.73. The molecule has 0 spiro atoms. The van der Waals surface area contributed by atoms with Crippen molar-refractivity contribution in [3.8, 4) is 5.75 Å². The Kier molecular flexibility index (Phi) is 4.96. The molecule has 0 aliphatic heterocycles. The predicted molar refractivity (Wildman–Crippen MR) is 80.7 cm³/mol. The van der Waals surface area contributed by atoms with Crippen molar-refractivity contribution in [3.05, 3.63) is 62.8 Å². The molecule has 2 N–H and O–H groups in total. The van der Waals surface area contributed by atoms with Crippen LogP contribution >= 0.6 is 31.9 Å². The summed E-state index contributed by atoms with van der Waals surface area (Å²) in [4.78, 5) is 0. The van der Waals surface area contributed by atoms with E-state index < -0.39 is 0 Å². The van der Waals surface area contributed by atoms with Gasteiger partial charge in [-0.25, -0.2) is 4.39 Å². The molecule has 2 rings (SSSR count). The molecule has 0 aliphatic rings. The predicted octanol–water partition coefficient (Wildman–Crippen LogP) is 4.43. The first-order valence-electron chi connectivity index (χ1n) is 5.68. The molecule has 1 unspecified atom stereocenters. The van der Waals surface area contributed by atoms with E-state index >= 15 is 0 Å². The van der Waals surface area contributed by atoms with Crippen molar-refractivity contribution in [1.29, 1.82) is 0 Å². The largest absolute Gasteiger partial charge is 0.483 e. The summed E-state index contributed by atoms with van der Waals surface area (Å²) in [7, 11) is 0. The standard InChI is InChI=1S/C14H12Br2FNO/c15-11-4-2-1-3-10(11)14(8-18)19-13-6-5-9(17)7-12(13)16/h1-7,14H,8,18H2. The van der Waals surface area contributed by atoms with Gasteiger partial charge in [0.15, 0.2) is 0 Å². The lowest BCUT2D eigenvalue weighted by molar-refractivity contribution is 0.212. The van der Waals surface area contributed by atoms with Gasteiger partial charge in [0.1, 0.15) is 17.7 Å². The highest BCUT2D eigenvalue weighted by atomic mass is 79.9. The molecule has 0 bridgehead atoms. The molecule has 0 saturated heterocycles. The van der Waals surface area contributed by atoms with E-state index in [1.807, 2.05) is 24.3 Å². The number of hydrogen-bond acceptors (Lipinski definition) is 2. The number of nitrogens with two attached hydrogens (primary N) is 1. The molecular formula is C14H12Br2FNO. The smallest absolute Gasteiger partial charge is 0.137 e. The number of hydrogen-bond donors (Lipinski definition) is 1. The van der Waals surface area contributed by atoms with E-state index in [1.165, 1.54) is 12.1 Å². The van der Waals surface area contributed by atoms with E-state index in [2.05, 4.69) is 31.9 Å². The average Bonchev–Trinajstić information content (AvgIpc) is 2.39. The molecule has 0 radical (unpaired) electrons. The average molecular weight is 389 g/mol. The van der Waals surface area contributed by atoms with Gasteiger partial charge in [-0.15, -0.1) is 0 Å². The van der Waals surface area contributed by atoms with Gasteiger partial charge in [0.2, 0.25) is 0 Å². The maximum atomic E-state index is 13.0. The van der Waals surface area contributed by atoms with Gasteiger partial charge in [-0.05, 0) is 40.2 Å². The summed E-state index contributed by atoms with van der Waals surface area (Å²) in [6.45, 7) is 0.326. The molecule has 0 amide bonds. The fourth-order valence-electron chi connectivity index (χ4n) is 1.70. The van der Waals surface area contributed by atoms with Gasteiger partial charge in [0, 0.05) is 16.6 Å². The van der Waals surface area contributed by atoms with E-state index in [-0.39, 0.29) is 11.9 Å². The van der Waals surface area contributed by atoms with Crippen LogP contribution in [0.3, 0.4) is 0 Å². The zero-order chi connectivity index (χ0) is 13.8. The summed E-state index contributed by atoms with van der Waals surface area (Å²) in [6, 6.07) is 12.0. The van der Waals surface area contributed by atoms with Crippen molar-refractivity contribution in [2.24, 2.45) is 5.73 Å². The Bertz CT molecular complexity index is 577. The molecular weight excluding hydrogens is 377 g/mol. The highest BCUT2D eigenvalue weighted by Crippen LogP contribution is 2.32. The lowest BCUT2D eigenvalue weighted by atomic mass is 10.1. The van der Waals surface area contributed by atoms with Crippen molar-refractivity contribution in [3.63, 3.8) is 0 Å². The Balaban J connectivity index is 2.27. The second kappa shape index (κ2) is 6.50. The Hall–Kier alpha value is -0.910. The van der Waals surface area contributed by atoms with Crippen molar-refractivity contribution in [2.75, 3.05) is 6.54 Å². The number of benzene rings is 2. The zero-order valence-corrected chi connectivity index (χ0v) is 13.1. The minimum atomic E-state index is -0.315. The van der Waals surface area contributed by atoms with Crippen LogP contribution in [0, 0.1) is 5.82 Å². The van der Waals surface area contributed by atoms with Gasteiger partial charge < -0.3 is 10.5 Å². The maximum absolute atomic E-state index is 13.0. The van der Waals surface area contributed by atoms with E-state index in [0.29, 0.717) is 16.8 Å². The number of ether oxygens (including phenoxy) is 1. The minimum Gasteiger partial charge on any atom is -0.483 e. The van der Waals surface area contributed by atoms with Crippen LogP contribution in [0.5, 0.6) is 5.75 Å². The van der Waals surface area contributed by atoms with Crippen LogP contribution in [0.4, 0.5) is 4.39 Å². The van der Waals surface area contributed by atoms with Crippen molar-refractivity contribution in [2.45, 2.75) is 6.10 Å². The first-order valence-corrected chi connectivity index (χ1v) is 7.26. The van der Waals surface area contributed by atoms with Gasteiger partial charge in [0.05, 0.1) is 4.47 Å². The molecule has 19 heavy (non-hydrogen) atoms. The zero-order valence-electron chi connectivity index (χ0n) is 9.95. The van der Waals surface area contributed by atoms with E-state index in [9.17, 15) is 4.39 Å². The second-order valence-corrected chi connectivity index (χ2v) is 5.65. The van der Waals surface area contributed by atoms with Crippen LogP contribution in [-0.4, -0.2) is 6.54 Å². The molecule has 5 heteroatoms. The summed E-state index contributed by atoms with van der Waals surface area (Å²) in [5, 5.41) is 0. The monoisotopic (exact) mass is 387 g/mol. The van der Waals surface area contributed by atoms with Gasteiger partial charge in [-0.2, -0.15) is 0 Å². The third-order valence-corrected chi connectivity index (χ3v) is 3.97. The van der Waals surface area contributed by atoms with Crippen LogP contribution in [0.15, 0.2) is 51.4 Å². The van der Waals surface area contributed by atoms with Crippen LogP contribution in [0.2, 0.25) is 0 Å². The summed E-state index contributed by atoms with van der Waals surface area (Å²) >= 11 is 6.75. The number of halogens is 3. The van der Waals surface area contributed by atoms with Crippen LogP contribution < -0.4 is 10.5 Å². The molecule has 2 aromatic rings. The lowest BCUT2D eigenvalue weighted by Gasteiger charge is -2.20. The Morgan fingerprint density at radius 2 is 1.84 bits per heavy atom. The topological polar surface area (TPSA) is 35.2 Å². The Morgan fingerprint density at radius 3 is 2.47 bits per heavy atom. The lowest BCUT2D eigenvalue weighted by Crippen LogP contribution is -2.19. The molecule has 0 heterocycles. The second-order valence-electron chi connectivity index (χ2n) is 3.94. The highest BCUT2D eigenvalue weighted by Gasteiger charge is 2.16.